The van der Waals surface area contributed by atoms with E-state index in [-0.39, 0.29) is 46.6 Å². The van der Waals surface area contributed by atoms with E-state index in [9.17, 15) is 40.8 Å². The zero-order valence-electron chi connectivity index (χ0n) is 63.9. The number of aromatic nitrogens is 2. The average molecular weight is 1350 g/mol. The molecular weight excluding hydrogens is 1220 g/mol. The van der Waals surface area contributed by atoms with E-state index in [1.54, 1.807) is 17.8 Å². The van der Waals surface area contributed by atoms with Gasteiger partial charge < -0.3 is 25.1 Å². The first kappa shape index (κ1) is 86.4. The second-order valence-electron chi connectivity index (χ2n) is 29.7. The second kappa shape index (κ2) is 39.0. The zero-order valence-corrected chi connectivity index (χ0v) is 65.5. The van der Waals surface area contributed by atoms with Gasteiger partial charge in [-0.25, -0.2) is 21.6 Å². The summed E-state index contributed by atoms with van der Waals surface area (Å²) in [5.74, 6) is 5.13. The first-order valence-electron chi connectivity index (χ1n) is 34.8. The number of H-pyrrole nitrogens is 1. The van der Waals surface area contributed by atoms with E-state index < -0.39 is 20.0 Å². The Bertz CT molecular complexity index is 3400. The van der Waals surface area contributed by atoms with Crippen molar-refractivity contribution in [3.05, 3.63) is 134 Å². The lowest BCUT2D eigenvalue weighted by Crippen LogP contribution is -2.36. The van der Waals surface area contributed by atoms with Crippen LogP contribution < -0.4 is 31.2 Å². The summed E-state index contributed by atoms with van der Waals surface area (Å²) in [5, 5.41) is 5.77. The molecule has 0 bridgehead atoms. The van der Waals surface area contributed by atoms with Gasteiger partial charge in [-0.2, -0.15) is 0 Å². The summed E-state index contributed by atoms with van der Waals surface area (Å²) in [4.78, 5) is 64.0. The zero-order chi connectivity index (χ0) is 72.9. The molecule has 0 radical (unpaired) electrons. The largest absolute Gasteiger partial charge is 0.352 e. The molecule has 534 valence electrons. The molecule has 7 heterocycles. The van der Waals surface area contributed by atoms with Gasteiger partial charge in [0.2, 0.25) is 27.7 Å². The summed E-state index contributed by atoms with van der Waals surface area (Å²) >= 11 is 0. The lowest BCUT2D eigenvalue weighted by Gasteiger charge is -2.31. The van der Waals surface area contributed by atoms with E-state index in [4.69, 9.17) is 0 Å². The number of allylic oxidation sites excluding steroid dienone is 4. The summed E-state index contributed by atoms with van der Waals surface area (Å²) < 4.78 is 53.6. The van der Waals surface area contributed by atoms with Gasteiger partial charge in [-0.05, 0) is 143 Å². The van der Waals surface area contributed by atoms with Gasteiger partial charge in [0.1, 0.15) is 0 Å². The van der Waals surface area contributed by atoms with Crippen LogP contribution >= 0.6 is 0 Å². The highest BCUT2D eigenvalue weighted by atomic mass is 32.2. The fourth-order valence-corrected chi connectivity index (χ4v) is 16.0. The number of rotatable bonds is 14. The predicted octanol–water partition coefficient (Wildman–Crippen LogP) is 15.4. The van der Waals surface area contributed by atoms with Crippen LogP contribution in [0.3, 0.4) is 0 Å². The van der Waals surface area contributed by atoms with Crippen molar-refractivity contribution in [2.75, 3.05) is 33.2 Å². The second-order valence-corrected chi connectivity index (χ2v) is 33.2. The Balaban J connectivity index is 0.000000549. The molecular formula is C76H129N7O9S2. The number of carbonyl (C=O) groups is 3. The Morgan fingerprint density at radius 2 is 0.872 bits per heavy atom. The van der Waals surface area contributed by atoms with E-state index in [1.165, 1.54) is 34.0 Å². The van der Waals surface area contributed by atoms with Crippen LogP contribution in [-0.4, -0.2) is 82.2 Å². The van der Waals surface area contributed by atoms with Crippen molar-refractivity contribution >= 4 is 37.8 Å². The van der Waals surface area contributed by atoms with Crippen LogP contribution in [0.15, 0.2) is 101 Å². The minimum atomic E-state index is -3.27. The Morgan fingerprint density at radius 3 is 1.26 bits per heavy atom. The summed E-state index contributed by atoms with van der Waals surface area (Å²) in [6.45, 7) is 61.0. The Labute approximate surface area is 570 Å². The lowest BCUT2D eigenvalue weighted by molar-refractivity contribution is -0.127. The van der Waals surface area contributed by atoms with Crippen LogP contribution in [-0.2, 0) is 41.5 Å². The summed E-state index contributed by atoms with van der Waals surface area (Å²) in [7, 11) is -2.77. The molecule has 0 aromatic carbocycles. The molecule has 16 nitrogen and oxygen atoms in total. The van der Waals surface area contributed by atoms with E-state index in [1.807, 2.05) is 71.8 Å². The number of sulfonamides is 2. The number of hydrogen-bond acceptors (Lipinski definition) is 9. The predicted molar refractivity (Wildman–Crippen MR) is 394 cm³/mol. The molecule has 0 aliphatic carbocycles. The Morgan fingerprint density at radius 1 is 0.426 bits per heavy atom. The smallest absolute Gasteiger partial charge is 0.258 e. The number of pyridine rings is 2. The molecule has 0 fully saturated rings. The van der Waals surface area contributed by atoms with E-state index >= 15 is 0 Å². The summed E-state index contributed by atoms with van der Waals surface area (Å²) in [6, 6.07) is 4.06. The highest BCUT2D eigenvalue weighted by Gasteiger charge is 2.32. The van der Waals surface area contributed by atoms with Gasteiger partial charge in [0.15, 0.2) is 0 Å². The van der Waals surface area contributed by atoms with Gasteiger partial charge in [0.25, 0.3) is 21.1 Å². The van der Waals surface area contributed by atoms with Crippen LogP contribution in [0.2, 0.25) is 0 Å². The first-order chi connectivity index (χ1) is 43.2. The van der Waals surface area contributed by atoms with Gasteiger partial charge >= 0.3 is 0 Å². The van der Waals surface area contributed by atoms with Crippen LogP contribution in [0.5, 0.6) is 0 Å². The molecule has 5 aliphatic rings. The minimum absolute atomic E-state index is 0.0230. The molecule has 0 saturated carbocycles. The van der Waals surface area contributed by atoms with E-state index in [0.29, 0.717) is 81.5 Å². The first-order valence-corrected chi connectivity index (χ1v) is 37.8. The number of hydrogen-bond donors (Lipinski definition) is 5. The molecule has 94 heavy (non-hydrogen) atoms. The van der Waals surface area contributed by atoms with Crippen molar-refractivity contribution < 1.29 is 31.2 Å². The highest BCUT2D eigenvalue weighted by Crippen LogP contribution is 2.33. The SMILES string of the molecule is CC(C)C1=C(C(C)C)C(=O)N(C)CC1.CC(C)C1=C(C(C)C)C(=O)NC1.CC(C)C1=C(C(C)C)C(=O)NCC1.CC(C)C1=C(C(C)C)S(=O)(=O)NC=C1.CC(C)C1=C(C(C)C)S(=O)(=O)NCC1.CC(C)c1cc[nH]c(=O)c1C(C)C.CC(C)c1ccn(C)c(=O)c1C(C)C. The molecule has 2 aromatic rings. The van der Waals surface area contributed by atoms with Crippen LogP contribution in [0, 0.1) is 59.2 Å². The van der Waals surface area contributed by atoms with Gasteiger partial charge in [-0.3, -0.25) is 28.7 Å². The van der Waals surface area contributed by atoms with Gasteiger partial charge in [0, 0.05) is 86.7 Å². The van der Waals surface area contributed by atoms with Crippen molar-refractivity contribution in [3.8, 4) is 0 Å². The van der Waals surface area contributed by atoms with Gasteiger partial charge in [-0.15, -0.1) is 0 Å². The molecule has 0 saturated heterocycles. The third kappa shape index (κ3) is 24.8. The quantitative estimate of drug-likeness (QED) is 0.121. The molecule has 7 rings (SSSR count). The molecule has 18 heteroatoms. The number of aryl methyl sites for hydroxylation is 1. The fraction of sp³-hybridized carbons (Fsp3) is 0.671. The van der Waals surface area contributed by atoms with E-state index in [0.717, 1.165) is 77.9 Å². The topological polar surface area (TPSA) is 226 Å². The standard InChI is InChI=1S/C12H21NO.C12H19NO.C11H19NO.C11H17NO.C10H19NO2S.C10H17NO2S.C10H17NO/c2*1-8(2)10-6-7-13(5)12(14)11(10)9(3)4;2*1-7(2)9-5-6-12-11(13)10(9)8(3)4;2*1-7(2)9-5-6-11-14(12,13)10(9)8(3)4;1-6(2)8-5-11-10(12)9(8)7(3)4/h8-9H,6-7H2,1-5H3;6-9H,1-5H3;7-8H,5-6H2,1-4H3,(H,12,13);5-8H,1-4H3,(H,12,13);7-8,11H,5-6H2,1-4H3;5-8,11H,1-4H3;6-7H,5H2,1-4H3,(H,11,12). The summed E-state index contributed by atoms with van der Waals surface area (Å²) in [5.41, 5.74) is 13.5. The molecule has 3 amide bonds. The van der Waals surface area contributed by atoms with Crippen molar-refractivity contribution in [2.24, 2.45) is 66.2 Å². The molecule has 0 unspecified atom stereocenters. The molecule has 2 aromatic heterocycles. The monoisotopic (exact) mass is 1350 g/mol. The maximum Gasteiger partial charge on any atom is 0.258 e. The van der Waals surface area contributed by atoms with Crippen molar-refractivity contribution in [3.63, 3.8) is 0 Å². The van der Waals surface area contributed by atoms with Crippen molar-refractivity contribution in [1.82, 2.24) is 34.5 Å². The third-order valence-corrected chi connectivity index (χ3v) is 20.9. The molecule has 5 aliphatic heterocycles. The number of carbonyl (C=O) groups excluding carboxylic acids is 3. The van der Waals surface area contributed by atoms with E-state index in [2.05, 4.69) is 183 Å². The number of amides is 3. The Hall–Kier alpha value is -5.59. The van der Waals surface area contributed by atoms with Crippen LogP contribution in [0.25, 0.3) is 0 Å². The number of aromatic amines is 1. The molecule has 0 spiro atoms. The van der Waals surface area contributed by atoms with Gasteiger partial charge in [-0.1, -0.05) is 211 Å². The van der Waals surface area contributed by atoms with Crippen molar-refractivity contribution in [1.29, 1.82) is 0 Å². The lowest BCUT2D eigenvalue weighted by atomic mass is 9.85. The fourth-order valence-electron chi connectivity index (χ4n) is 12.6. The maximum atomic E-state index is 11.9. The van der Waals surface area contributed by atoms with Gasteiger partial charge in [0.05, 0.1) is 9.81 Å². The number of nitrogens with one attached hydrogen (secondary N) is 5. The Kier molecular flexibility index (Phi) is 35.8. The normalized spacial score (nSPS) is 17.2. The van der Waals surface area contributed by atoms with Crippen LogP contribution in [0.4, 0.5) is 0 Å². The average Bonchev–Trinajstić information content (AvgIpc) is 1.18. The maximum absolute atomic E-state index is 11.9. The molecule has 0 atom stereocenters. The highest BCUT2D eigenvalue weighted by molar-refractivity contribution is 7.93. The number of likely N-dealkylation sites (N-methyl/N-ethyl adjacent to an activating group) is 1. The molecule has 5 N–H and O–H groups in total. The van der Waals surface area contributed by atoms with Crippen LogP contribution in [0.1, 0.15) is 259 Å². The van der Waals surface area contributed by atoms with Crippen molar-refractivity contribution in [2.45, 2.75) is 237 Å². The number of nitrogens with zero attached hydrogens (tertiary/aromatic N) is 2. The third-order valence-electron chi connectivity index (χ3n) is 17.3. The summed E-state index contributed by atoms with van der Waals surface area (Å²) in [6.07, 6.45) is 9.85. The minimum Gasteiger partial charge on any atom is -0.352 e.